The molecule has 5 heteroatoms. The molecule has 130 valence electrons. The van der Waals surface area contributed by atoms with E-state index in [1.165, 1.54) is 0 Å². The topological polar surface area (TPSA) is 55.1 Å². The molecule has 2 aromatic carbocycles. The quantitative estimate of drug-likeness (QED) is 0.612. The Morgan fingerprint density at radius 3 is 2.54 bits per heavy atom. The molecule has 0 bridgehead atoms. The maximum atomic E-state index is 9.68. The van der Waals surface area contributed by atoms with E-state index in [9.17, 15) is 5.26 Å². The first kappa shape index (κ1) is 17.8. The maximum absolute atomic E-state index is 9.68. The molecule has 0 aliphatic rings. The summed E-state index contributed by atoms with van der Waals surface area (Å²) < 4.78 is 10.9. The van der Waals surface area contributed by atoms with Crippen molar-refractivity contribution in [3.8, 4) is 40.1 Å². The van der Waals surface area contributed by atoms with Gasteiger partial charge in [-0.2, -0.15) is 5.26 Å². The third-order valence-corrected chi connectivity index (χ3v) is 4.12. The van der Waals surface area contributed by atoms with Crippen LogP contribution >= 0.6 is 11.6 Å². The van der Waals surface area contributed by atoms with Gasteiger partial charge in [0, 0.05) is 16.1 Å². The fourth-order valence-electron chi connectivity index (χ4n) is 2.68. The lowest BCUT2D eigenvalue weighted by atomic mass is 9.98. The Morgan fingerprint density at radius 1 is 1.08 bits per heavy atom. The third kappa shape index (κ3) is 3.63. The number of rotatable bonds is 5. The van der Waals surface area contributed by atoms with E-state index in [-0.39, 0.29) is 0 Å². The Labute approximate surface area is 157 Å². The van der Waals surface area contributed by atoms with E-state index in [0.29, 0.717) is 28.8 Å². The van der Waals surface area contributed by atoms with Crippen LogP contribution in [0.5, 0.6) is 11.6 Å². The summed E-state index contributed by atoms with van der Waals surface area (Å²) in [7, 11) is 1.62. The molecule has 0 saturated carbocycles. The van der Waals surface area contributed by atoms with E-state index < -0.39 is 0 Å². The van der Waals surface area contributed by atoms with Crippen molar-refractivity contribution in [1.82, 2.24) is 4.98 Å². The van der Waals surface area contributed by atoms with Gasteiger partial charge in [-0.3, -0.25) is 0 Å². The van der Waals surface area contributed by atoms with E-state index in [4.69, 9.17) is 21.1 Å². The summed E-state index contributed by atoms with van der Waals surface area (Å²) in [6.45, 7) is 2.28. The Morgan fingerprint density at radius 2 is 1.85 bits per heavy atom. The highest BCUT2D eigenvalue weighted by molar-refractivity contribution is 6.30. The molecule has 0 saturated heterocycles. The highest BCUT2D eigenvalue weighted by Crippen LogP contribution is 2.35. The monoisotopic (exact) mass is 364 g/mol. The van der Waals surface area contributed by atoms with Crippen molar-refractivity contribution in [3.05, 3.63) is 65.2 Å². The predicted octanol–water partition coefficient (Wildman–Crippen LogP) is 5.35. The molecular weight excluding hydrogens is 348 g/mol. The lowest BCUT2D eigenvalue weighted by Crippen LogP contribution is -2.01. The van der Waals surface area contributed by atoms with Crippen LogP contribution in [0.4, 0.5) is 0 Å². The molecule has 0 atom stereocenters. The number of hydrogen-bond acceptors (Lipinski definition) is 4. The maximum Gasteiger partial charge on any atom is 0.232 e. The lowest BCUT2D eigenvalue weighted by molar-refractivity contribution is 0.326. The van der Waals surface area contributed by atoms with Gasteiger partial charge in [-0.1, -0.05) is 35.9 Å². The molecule has 0 aliphatic heterocycles. The highest BCUT2D eigenvalue weighted by atomic mass is 35.5. The second-order valence-corrected chi connectivity index (χ2v) is 5.96. The van der Waals surface area contributed by atoms with E-state index >= 15 is 0 Å². The van der Waals surface area contributed by atoms with Gasteiger partial charge in [-0.15, -0.1) is 0 Å². The first-order valence-electron chi connectivity index (χ1n) is 8.14. The summed E-state index contributed by atoms with van der Waals surface area (Å²) in [5.41, 5.74) is 3.52. The SMILES string of the molecule is CCOc1nc(-c2cccc(OC)c2)cc(-c2cccc(Cl)c2)c1C#N. The smallest absolute Gasteiger partial charge is 0.232 e. The van der Waals surface area contributed by atoms with Gasteiger partial charge < -0.3 is 9.47 Å². The van der Waals surface area contributed by atoms with Gasteiger partial charge >= 0.3 is 0 Å². The third-order valence-electron chi connectivity index (χ3n) is 3.88. The Bertz CT molecular complexity index is 980. The molecule has 26 heavy (non-hydrogen) atoms. The second kappa shape index (κ2) is 7.90. The molecule has 0 fully saturated rings. The number of hydrogen-bond donors (Lipinski definition) is 0. The Kier molecular flexibility index (Phi) is 5.40. The number of pyridine rings is 1. The van der Waals surface area contributed by atoms with Gasteiger partial charge in [0.1, 0.15) is 17.4 Å². The van der Waals surface area contributed by atoms with Gasteiger partial charge in [0.15, 0.2) is 0 Å². The number of nitriles is 1. The van der Waals surface area contributed by atoms with Gasteiger partial charge in [0.25, 0.3) is 0 Å². The molecule has 0 amide bonds. The van der Waals surface area contributed by atoms with Crippen molar-refractivity contribution in [2.24, 2.45) is 0 Å². The predicted molar refractivity (Wildman–Crippen MR) is 103 cm³/mol. The van der Waals surface area contributed by atoms with Crippen molar-refractivity contribution in [3.63, 3.8) is 0 Å². The second-order valence-electron chi connectivity index (χ2n) is 5.52. The van der Waals surface area contributed by atoms with Crippen molar-refractivity contribution in [2.75, 3.05) is 13.7 Å². The number of benzene rings is 2. The Balaban J connectivity index is 2.25. The molecule has 3 aromatic rings. The molecule has 0 aliphatic carbocycles. The summed E-state index contributed by atoms with van der Waals surface area (Å²) in [5.74, 6) is 1.04. The summed E-state index contributed by atoms with van der Waals surface area (Å²) in [6, 6.07) is 19.1. The summed E-state index contributed by atoms with van der Waals surface area (Å²) in [5, 5.41) is 10.3. The number of methoxy groups -OCH3 is 1. The lowest BCUT2D eigenvalue weighted by Gasteiger charge is -2.13. The van der Waals surface area contributed by atoms with Crippen molar-refractivity contribution < 1.29 is 9.47 Å². The van der Waals surface area contributed by atoms with Crippen LogP contribution < -0.4 is 9.47 Å². The van der Waals surface area contributed by atoms with Gasteiger partial charge in [0.2, 0.25) is 5.88 Å². The van der Waals surface area contributed by atoms with Crippen LogP contribution in [0.1, 0.15) is 12.5 Å². The first-order chi connectivity index (χ1) is 12.7. The average Bonchev–Trinajstić information content (AvgIpc) is 2.67. The minimum atomic E-state index is 0.310. The zero-order valence-electron chi connectivity index (χ0n) is 14.5. The van der Waals surface area contributed by atoms with Crippen molar-refractivity contribution in [1.29, 1.82) is 5.26 Å². The zero-order chi connectivity index (χ0) is 18.5. The molecular formula is C21H17ClN2O2. The van der Waals surface area contributed by atoms with Crippen LogP contribution in [0.3, 0.4) is 0 Å². The first-order valence-corrected chi connectivity index (χ1v) is 8.52. The molecule has 3 rings (SSSR count). The molecule has 0 N–H and O–H groups in total. The van der Waals surface area contributed by atoms with Crippen LogP contribution in [0.15, 0.2) is 54.6 Å². The molecule has 1 heterocycles. The van der Waals surface area contributed by atoms with Crippen molar-refractivity contribution >= 4 is 11.6 Å². The van der Waals surface area contributed by atoms with Crippen LogP contribution in [0.2, 0.25) is 5.02 Å². The molecule has 0 radical (unpaired) electrons. The van der Waals surface area contributed by atoms with Crippen LogP contribution in [0, 0.1) is 11.3 Å². The molecule has 0 unspecified atom stereocenters. The summed E-state index contributed by atoms with van der Waals surface area (Å²) in [4.78, 5) is 4.55. The number of halogens is 1. The standard InChI is InChI=1S/C21H17ClN2O2/c1-3-26-21-19(13-23)18(14-6-4-8-16(22)10-14)12-20(24-21)15-7-5-9-17(11-15)25-2/h4-12H,3H2,1-2H3. The van der Waals surface area contributed by atoms with E-state index in [1.807, 2.05) is 55.5 Å². The normalized spacial score (nSPS) is 10.2. The number of aromatic nitrogens is 1. The minimum absolute atomic E-state index is 0.310. The molecule has 1 aromatic heterocycles. The van der Waals surface area contributed by atoms with Crippen LogP contribution in [-0.4, -0.2) is 18.7 Å². The number of ether oxygens (including phenoxy) is 2. The highest BCUT2D eigenvalue weighted by Gasteiger charge is 2.17. The van der Waals surface area contributed by atoms with Gasteiger partial charge in [-0.25, -0.2) is 4.98 Å². The van der Waals surface area contributed by atoms with Crippen LogP contribution in [-0.2, 0) is 0 Å². The van der Waals surface area contributed by atoms with Crippen molar-refractivity contribution in [2.45, 2.75) is 6.92 Å². The summed E-state index contributed by atoms with van der Waals surface area (Å²) >= 11 is 6.14. The number of nitrogens with zero attached hydrogens (tertiary/aromatic N) is 2. The fraction of sp³-hybridized carbons (Fsp3) is 0.143. The average molecular weight is 365 g/mol. The fourth-order valence-corrected chi connectivity index (χ4v) is 2.88. The van der Waals surface area contributed by atoms with E-state index in [1.54, 1.807) is 13.2 Å². The molecule has 0 spiro atoms. The van der Waals surface area contributed by atoms with E-state index in [2.05, 4.69) is 11.1 Å². The molecule has 4 nitrogen and oxygen atoms in total. The van der Waals surface area contributed by atoms with E-state index in [0.717, 1.165) is 22.4 Å². The van der Waals surface area contributed by atoms with Gasteiger partial charge in [-0.05, 0) is 42.8 Å². The van der Waals surface area contributed by atoms with Gasteiger partial charge in [0.05, 0.1) is 19.4 Å². The minimum Gasteiger partial charge on any atom is -0.497 e. The largest absolute Gasteiger partial charge is 0.497 e. The Hall–Kier alpha value is -3.03. The van der Waals surface area contributed by atoms with Crippen LogP contribution in [0.25, 0.3) is 22.4 Å². The summed E-state index contributed by atoms with van der Waals surface area (Å²) in [6.07, 6.45) is 0. The zero-order valence-corrected chi connectivity index (χ0v) is 15.2.